The molecular formula is C12H15NO2. The van der Waals surface area contributed by atoms with E-state index >= 15 is 0 Å². The summed E-state index contributed by atoms with van der Waals surface area (Å²) < 4.78 is 0. The molecule has 0 spiro atoms. The van der Waals surface area contributed by atoms with Gasteiger partial charge in [-0.25, -0.2) is 0 Å². The van der Waals surface area contributed by atoms with Crippen molar-refractivity contribution < 1.29 is 9.90 Å². The minimum Gasteiger partial charge on any atom is -0.480 e. The van der Waals surface area contributed by atoms with E-state index in [1.807, 2.05) is 37.3 Å². The first-order valence-corrected chi connectivity index (χ1v) is 4.88. The van der Waals surface area contributed by atoms with E-state index in [-0.39, 0.29) is 0 Å². The first kappa shape index (κ1) is 11.5. The molecule has 0 heterocycles. The molecule has 0 aliphatic carbocycles. The van der Waals surface area contributed by atoms with Crippen LogP contribution in [-0.4, -0.2) is 17.6 Å². The van der Waals surface area contributed by atoms with Crippen LogP contribution in [0.25, 0.3) is 0 Å². The summed E-state index contributed by atoms with van der Waals surface area (Å²) in [5.74, 6) is -0.856. The van der Waals surface area contributed by atoms with Gasteiger partial charge in [-0.1, -0.05) is 42.5 Å². The summed E-state index contributed by atoms with van der Waals surface area (Å²) in [5, 5.41) is 12.0. The highest BCUT2D eigenvalue weighted by molar-refractivity contribution is 5.75. The molecule has 1 rings (SSSR count). The van der Waals surface area contributed by atoms with Crippen LogP contribution in [0.3, 0.4) is 0 Å². The number of hydrogen-bond acceptors (Lipinski definition) is 2. The second-order valence-corrected chi connectivity index (χ2v) is 3.16. The van der Waals surface area contributed by atoms with Gasteiger partial charge in [-0.05, 0) is 12.5 Å². The number of nitrogens with one attached hydrogen (secondary N) is 1. The van der Waals surface area contributed by atoms with Gasteiger partial charge in [0.05, 0.1) is 0 Å². The number of benzene rings is 1. The molecule has 1 aromatic rings. The lowest BCUT2D eigenvalue weighted by atomic mass is 10.1. The lowest BCUT2D eigenvalue weighted by Gasteiger charge is -2.13. The Bertz CT molecular complexity index is 333. The second-order valence-electron chi connectivity index (χ2n) is 3.16. The van der Waals surface area contributed by atoms with Crippen LogP contribution in [0.4, 0.5) is 0 Å². The van der Waals surface area contributed by atoms with Gasteiger partial charge in [0.15, 0.2) is 0 Å². The molecule has 0 fully saturated rings. The van der Waals surface area contributed by atoms with Crippen LogP contribution in [0.15, 0.2) is 42.5 Å². The Labute approximate surface area is 89.4 Å². The summed E-state index contributed by atoms with van der Waals surface area (Å²) >= 11 is 0. The molecule has 2 N–H and O–H groups in total. The number of carboxylic acids is 1. The van der Waals surface area contributed by atoms with E-state index in [2.05, 4.69) is 5.32 Å². The summed E-state index contributed by atoms with van der Waals surface area (Å²) in [6, 6.07) is 8.52. The van der Waals surface area contributed by atoms with E-state index in [1.54, 1.807) is 12.1 Å². The highest BCUT2D eigenvalue weighted by Gasteiger charge is 2.17. The molecule has 3 nitrogen and oxygen atoms in total. The number of allylic oxidation sites excluding steroid dienone is 1. The number of rotatable bonds is 5. The van der Waals surface area contributed by atoms with Gasteiger partial charge in [-0.2, -0.15) is 0 Å². The van der Waals surface area contributed by atoms with Crippen LogP contribution >= 0.6 is 0 Å². The summed E-state index contributed by atoms with van der Waals surface area (Å²) in [5.41, 5.74) is 0.773. The molecule has 1 unspecified atom stereocenters. The third-order valence-corrected chi connectivity index (χ3v) is 2.06. The molecule has 0 saturated carbocycles. The number of carbonyl (C=O) groups is 1. The summed E-state index contributed by atoms with van der Waals surface area (Å²) in [6.07, 6.45) is 3.77. The Morgan fingerprint density at radius 2 is 2.13 bits per heavy atom. The van der Waals surface area contributed by atoms with E-state index in [0.717, 1.165) is 5.56 Å². The zero-order chi connectivity index (χ0) is 11.1. The monoisotopic (exact) mass is 205 g/mol. The Balaban J connectivity index is 2.71. The van der Waals surface area contributed by atoms with Crippen molar-refractivity contribution in [1.82, 2.24) is 5.32 Å². The van der Waals surface area contributed by atoms with Crippen LogP contribution in [0, 0.1) is 0 Å². The van der Waals surface area contributed by atoms with E-state index in [1.165, 1.54) is 0 Å². The fraction of sp³-hybridized carbons (Fsp3) is 0.250. The smallest absolute Gasteiger partial charge is 0.325 e. The molecule has 1 atom stereocenters. The average Bonchev–Trinajstić information content (AvgIpc) is 2.25. The quantitative estimate of drug-likeness (QED) is 0.722. The molecule has 0 radical (unpaired) electrons. The first-order chi connectivity index (χ1) is 7.25. The highest BCUT2D eigenvalue weighted by atomic mass is 16.4. The molecule has 0 saturated heterocycles. The van der Waals surface area contributed by atoms with Crippen molar-refractivity contribution in [1.29, 1.82) is 0 Å². The first-order valence-electron chi connectivity index (χ1n) is 4.88. The van der Waals surface area contributed by atoms with Crippen LogP contribution in [0.2, 0.25) is 0 Å². The maximum absolute atomic E-state index is 11.0. The highest BCUT2D eigenvalue weighted by Crippen LogP contribution is 2.11. The minimum absolute atomic E-state index is 0.558. The molecule has 3 heteroatoms. The van der Waals surface area contributed by atoms with Crippen molar-refractivity contribution in [3.63, 3.8) is 0 Å². The van der Waals surface area contributed by atoms with E-state index in [0.29, 0.717) is 6.54 Å². The van der Waals surface area contributed by atoms with Gasteiger partial charge in [0.2, 0.25) is 0 Å². The van der Waals surface area contributed by atoms with E-state index in [4.69, 9.17) is 5.11 Å². The van der Waals surface area contributed by atoms with Crippen LogP contribution in [0.1, 0.15) is 18.5 Å². The predicted molar refractivity (Wildman–Crippen MR) is 59.6 cm³/mol. The molecule has 1 aromatic carbocycles. The topological polar surface area (TPSA) is 49.3 Å². The average molecular weight is 205 g/mol. The summed E-state index contributed by atoms with van der Waals surface area (Å²) in [4.78, 5) is 11.0. The Morgan fingerprint density at radius 3 is 2.67 bits per heavy atom. The normalized spacial score (nSPS) is 12.9. The molecule has 0 amide bonds. The molecule has 80 valence electrons. The van der Waals surface area contributed by atoms with Crippen molar-refractivity contribution in [3.05, 3.63) is 48.0 Å². The van der Waals surface area contributed by atoms with E-state index in [9.17, 15) is 4.79 Å². The van der Waals surface area contributed by atoms with Crippen molar-refractivity contribution in [2.45, 2.75) is 13.0 Å². The van der Waals surface area contributed by atoms with Gasteiger partial charge >= 0.3 is 5.97 Å². The molecule has 0 aromatic heterocycles. The third-order valence-electron chi connectivity index (χ3n) is 2.06. The molecule has 0 aliphatic heterocycles. The SMILES string of the molecule is CC=CCNC(C(=O)O)c1ccccc1. The van der Waals surface area contributed by atoms with E-state index < -0.39 is 12.0 Å². The zero-order valence-electron chi connectivity index (χ0n) is 8.68. The maximum atomic E-state index is 11.0. The van der Waals surface area contributed by atoms with Gasteiger partial charge in [0, 0.05) is 6.54 Å². The van der Waals surface area contributed by atoms with Gasteiger partial charge in [0.25, 0.3) is 0 Å². The summed E-state index contributed by atoms with van der Waals surface area (Å²) in [7, 11) is 0. The maximum Gasteiger partial charge on any atom is 0.325 e. The fourth-order valence-corrected chi connectivity index (χ4v) is 1.30. The minimum atomic E-state index is -0.856. The van der Waals surface area contributed by atoms with Gasteiger partial charge in [-0.3, -0.25) is 10.1 Å². The summed E-state index contributed by atoms with van der Waals surface area (Å²) in [6.45, 7) is 2.46. The molecule has 0 bridgehead atoms. The van der Waals surface area contributed by atoms with Crippen molar-refractivity contribution in [3.8, 4) is 0 Å². The standard InChI is InChI=1S/C12H15NO2/c1-2-3-9-13-11(12(14)15)10-7-5-4-6-8-10/h2-8,11,13H,9H2,1H3,(H,14,15). The van der Waals surface area contributed by atoms with Gasteiger partial charge in [0.1, 0.15) is 6.04 Å². The van der Waals surface area contributed by atoms with Gasteiger partial charge < -0.3 is 5.11 Å². The molecule has 0 aliphatic rings. The largest absolute Gasteiger partial charge is 0.480 e. The van der Waals surface area contributed by atoms with Crippen LogP contribution in [-0.2, 0) is 4.79 Å². The second kappa shape index (κ2) is 5.98. The third kappa shape index (κ3) is 3.56. The van der Waals surface area contributed by atoms with Crippen molar-refractivity contribution in [2.75, 3.05) is 6.54 Å². The molecular weight excluding hydrogens is 190 g/mol. The van der Waals surface area contributed by atoms with Crippen molar-refractivity contribution in [2.24, 2.45) is 0 Å². The number of carboxylic acid groups (broad SMARTS) is 1. The van der Waals surface area contributed by atoms with Crippen molar-refractivity contribution >= 4 is 5.97 Å². The lowest BCUT2D eigenvalue weighted by molar-refractivity contribution is -0.139. The molecule has 15 heavy (non-hydrogen) atoms. The fourth-order valence-electron chi connectivity index (χ4n) is 1.30. The van der Waals surface area contributed by atoms with Crippen LogP contribution < -0.4 is 5.32 Å². The predicted octanol–water partition coefficient (Wildman–Crippen LogP) is 1.98. The Morgan fingerprint density at radius 1 is 1.47 bits per heavy atom. The number of hydrogen-bond donors (Lipinski definition) is 2. The van der Waals surface area contributed by atoms with Crippen LogP contribution in [0.5, 0.6) is 0 Å². The number of aliphatic carboxylic acids is 1. The lowest BCUT2D eigenvalue weighted by Crippen LogP contribution is -2.28. The van der Waals surface area contributed by atoms with Gasteiger partial charge in [-0.15, -0.1) is 0 Å². The zero-order valence-corrected chi connectivity index (χ0v) is 8.68. The Hall–Kier alpha value is -1.61. The Kier molecular flexibility index (Phi) is 4.57.